The van der Waals surface area contributed by atoms with Crippen molar-refractivity contribution in [2.45, 2.75) is 20.3 Å². The number of aryl methyl sites for hydroxylation is 1. The summed E-state index contributed by atoms with van der Waals surface area (Å²) in [4.78, 5) is 42.9. The van der Waals surface area contributed by atoms with Gasteiger partial charge in [0.15, 0.2) is 0 Å². The molecule has 150 valence electrons. The first-order valence-electron chi connectivity index (χ1n) is 9.13. The van der Waals surface area contributed by atoms with Crippen molar-refractivity contribution < 1.29 is 19.1 Å². The second-order valence-electron chi connectivity index (χ2n) is 6.52. The number of nitrogens with zero attached hydrogens (tertiary/aromatic N) is 3. The summed E-state index contributed by atoms with van der Waals surface area (Å²) in [6.45, 7) is 6.75. The van der Waals surface area contributed by atoms with Gasteiger partial charge in [-0.3, -0.25) is 9.69 Å². The lowest BCUT2D eigenvalue weighted by molar-refractivity contribution is -0.117. The number of hydrogen-bond acceptors (Lipinski definition) is 6. The second kappa shape index (κ2) is 9.70. The fourth-order valence-corrected chi connectivity index (χ4v) is 3.82. The third kappa shape index (κ3) is 5.67. The predicted molar refractivity (Wildman–Crippen MR) is 105 cm³/mol. The van der Waals surface area contributed by atoms with Gasteiger partial charge in [0.25, 0.3) is 0 Å². The summed E-state index contributed by atoms with van der Waals surface area (Å²) in [5.41, 5.74) is 0.411. The van der Waals surface area contributed by atoms with E-state index >= 15 is 0 Å². The minimum Gasteiger partial charge on any atom is -0.462 e. The maximum atomic E-state index is 12.4. The van der Waals surface area contributed by atoms with E-state index in [4.69, 9.17) is 4.74 Å². The predicted octanol–water partition coefficient (Wildman–Crippen LogP) is 1.72. The van der Waals surface area contributed by atoms with Crippen molar-refractivity contribution in [3.63, 3.8) is 0 Å². The van der Waals surface area contributed by atoms with E-state index in [9.17, 15) is 14.4 Å². The molecule has 1 N–H and O–H groups in total. The average molecular weight is 397 g/mol. The molecule has 0 atom stereocenters. The van der Waals surface area contributed by atoms with Gasteiger partial charge in [-0.05, 0) is 19.4 Å². The maximum Gasteiger partial charge on any atom is 0.341 e. The molecule has 1 aliphatic heterocycles. The highest BCUT2D eigenvalue weighted by Crippen LogP contribution is 2.29. The number of amides is 3. The normalized spacial score (nSPS) is 14.7. The first-order valence-corrected chi connectivity index (χ1v) is 9.95. The molecule has 27 heavy (non-hydrogen) atoms. The van der Waals surface area contributed by atoms with E-state index in [0.717, 1.165) is 11.3 Å². The average Bonchev–Trinajstić information content (AvgIpc) is 3.04. The van der Waals surface area contributed by atoms with Crippen LogP contribution in [0.1, 0.15) is 29.1 Å². The van der Waals surface area contributed by atoms with Gasteiger partial charge >= 0.3 is 12.0 Å². The Morgan fingerprint density at radius 1 is 1.19 bits per heavy atom. The van der Waals surface area contributed by atoms with E-state index in [1.165, 1.54) is 11.3 Å². The van der Waals surface area contributed by atoms with Crippen LogP contribution in [-0.4, -0.2) is 86.0 Å². The smallest absolute Gasteiger partial charge is 0.341 e. The zero-order chi connectivity index (χ0) is 20.0. The summed E-state index contributed by atoms with van der Waals surface area (Å²) in [5.74, 6) is -0.586. The maximum absolute atomic E-state index is 12.4. The number of carbonyl (C=O) groups is 3. The first-order chi connectivity index (χ1) is 12.8. The van der Waals surface area contributed by atoms with E-state index in [1.807, 2.05) is 11.8 Å². The number of carbonyl (C=O) groups excluding carboxylic acids is 3. The standard InChI is InChI=1S/C18H28N4O4S/c1-5-13-11-14(17(24)26-6-2)16(27-13)19-15(23)12-21-7-9-22(10-8-21)18(25)20(3)4/h11H,5-10,12H2,1-4H3,(H,19,23). The van der Waals surface area contributed by atoms with Crippen LogP contribution in [0.15, 0.2) is 6.07 Å². The van der Waals surface area contributed by atoms with E-state index in [-0.39, 0.29) is 18.5 Å². The molecule has 0 aromatic carbocycles. The minimum absolute atomic E-state index is 0.0103. The molecular weight excluding hydrogens is 368 g/mol. The van der Waals surface area contributed by atoms with Gasteiger partial charge in [-0.2, -0.15) is 0 Å². The number of ether oxygens (including phenoxy) is 1. The third-order valence-electron chi connectivity index (χ3n) is 4.27. The van der Waals surface area contributed by atoms with Crippen LogP contribution in [0, 0.1) is 0 Å². The molecule has 2 rings (SSSR count). The molecule has 8 nitrogen and oxygen atoms in total. The Hall–Kier alpha value is -2.13. The highest BCUT2D eigenvalue weighted by molar-refractivity contribution is 7.16. The zero-order valence-corrected chi connectivity index (χ0v) is 17.2. The van der Waals surface area contributed by atoms with Crippen LogP contribution in [-0.2, 0) is 16.0 Å². The molecule has 0 saturated carbocycles. The van der Waals surface area contributed by atoms with Gasteiger partial charge in [-0.1, -0.05) is 6.92 Å². The molecule has 0 unspecified atom stereocenters. The zero-order valence-electron chi connectivity index (χ0n) is 16.4. The second-order valence-corrected chi connectivity index (χ2v) is 7.65. The van der Waals surface area contributed by atoms with Crippen LogP contribution in [0.3, 0.4) is 0 Å². The molecule has 1 fully saturated rings. The topological polar surface area (TPSA) is 82.2 Å². The van der Waals surface area contributed by atoms with Crippen molar-refractivity contribution in [2.75, 3.05) is 58.7 Å². The number of anilines is 1. The molecular formula is C18H28N4O4S. The van der Waals surface area contributed by atoms with Gasteiger partial charge in [-0.25, -0.2) is 9.59 Å². The fraction of sp³-hybridized carbons (Fsp3) is 0.611. The van der Waals surface area contributed by atoms with Crippen LogP contribution >= 0.6 is 11.3 Å². The van der Waals surface area contributed by atoms with Gasteiger partial charge in [0, 0.05) is 45.2 Å². The third-order valence-corrected chi connectivity index (χ3v) is 5.47. The van der Waals surface area contributed by atoms with Crippen LogP contribution in [0.2, 0.25) is 0 Å². The highest BCUT2D eigenvalue weighted by atomic mass is 32.1. The first kappa shape index (κ1) is 21.2. The SMILES string of the molecule is CCOC(=O)c1cc(CC)sc1NC(=O)CN1CCN(C(=O)N(C)C)CC1. The van der Waals surface area contributed by atoms with Gasteiger partial charge < -0.3 is 19.9 Å². The Morgan fingerprint density at radius 3 is 2.41 bits per heavy atom. The molecule has 0 spiro atoms. The van der Waals surface area contributed by atoms with E-state index in [2.05, 4.69) is 5.32 Å². The molecule has 0 aliphatic carbocycles. The van der Waals surface area contributed by atoms with E-state index < -0.39 is 5.97 Å². The molecule has 1 aromatic rings. The molecule has 1 aromatic heterocycles. The molecule has 9 heteroatoms. The summed E-state index contributed by atoms with van der Waals surface area (Å²) < 4.78 is 5.08. The number of hydrogen-bond donors (Lipinski definition) is 1. The lowest BCUT2D eigenvalue weighted by atomic mass is 10.2. The minimum atomic E-state index is -0.417. The molecule has 2 heterocycles. The van der Waals surface area contributed by atoms with Crippen molar-refractivity contribution in [3.8, 4) is 0 Å². The van der Waals surface area contributed by atoms with Crippen LogP contribution in [0.4, 0.5) is 9.80 Å². The number of nitrogens with one attached hydrogen (secondary N) is 1. The Bertz CT molecular complexity index is 681. The number of esters is 1. The highest BCUT2D eigenvalue weighted by Gasteiger charge is 2.24. The molecule has 1 saturated heterocycles. The van der Waals surface area contributed by atoms with Gasteiger partial charge in [0.2, 0.25) is 5.91 Å². The molecule has 0 radical (unpaired) electrons. The molecule has 3 amide bonds. The lowest BCUT2D eigenvalue weighted by Gasteiger charge is -2.35. The summed E-state index contributed by atoms with van der Waals surface area (Å²) in [6, 6.07) is 1.77. The Kier molecular flexibility index (Phi) is 7.61. The summed E-state index contributed by atoms with van der Waals surface area (Å²) in [6.07, 6.45) is 0.787. The number of thiophene rings is 1. The van der Waals surface area contributed by atoms with Crippen molar-refractivity contribution >= 4 is 34.2 Å². The quantitative estimate of drug-likeness (QED) is 0.741. The lowest BCUT2D eigenvalue weighted by Crippen LogP contribution is -2.52. The largest absolute Gasteiger partial charge is 0.462 e. The van der Waals surface area contributed by atoms with E-state index in [1.54, 1.807) is 36.9 Å². The van der Waals surface area contributed by atoms with Crippen molar-refractivity contribution in [3.05, 3.63) is 16.5 Å². The van der Waals surface area contributed by atoms with Gasteiger partial charge in [0.1, 0.15) is 5.00 Å². The number of urea groups is 1. The Labute approximate surface area is 164 Å². The Morgan fingerprint density at radius 2 is 1.85 bits per heavy atom. The summed E-state index contributed by atoms with van der Waals surface area (Å²) in [7, 11) is 3.46. The van der Waals surface area contributed by atoms with E-state index in [0.29, 0.717) is 43.4 Å². The van der Waals surface area contributed by atoms with Crippen molar-refractivity contribution in [1.82, 2.24) is 14.7 Å². The molecule has 1 aliphatic rings. The number of rotatable bonds is 6. The number of piperazine rings is 1. The van der Waals surface area contributed by atoms with Crippen LogP contribution in [0.25, 0.3) is 0 Å². The van der Waals surface area contributed by atoms with Crippen molar-refractivity contribution in [2.24, 2.45) is 0 Å². The summed E-state index contributed by atoms with van der Waals surface area (Å²) in [5, 5.41) is 3.39. The van der Waals surface area contributed by atoms with Crippen molar-refractivity contribution in [1.29, 1.82) is 0 Å². The molecule has 0 bridgehead atoms. The summed E-state index contributed by atoms with van der Waals surface area (Å²) >= 11 is 1.40. The monoisotopic (exact) mass is 396 g/mol. The fourth-order valence-electron chi connectivity index (χ4n) is 2.82. The van der Waals surface area contributed by atoms with Gasteiger partial charge in [0.05, 0.1) is 18.7 Å². The Balaban J connectivity index is 1.92. The van der Waals surface area contributed by atoms with Gasteiger partial charge in [-0.15, -0.1) is 11.3 Å². The van der Waals surface area contributed by atoms with Crippen LogP contribution < -0.4 is 5.32 Å². The van der Waals surface area contributed by atoms with Crippen LogP contribution in [0.5, 0.6) is 0 Å².